The fourth-order valence-electron chi connectivity index (χ4n) is 2.79. The van der Waals surface area contributed by atoms with Gasteiger partial charge in [-0.05, 0) is 18.8 Å². The highest BCUT2D eigenvalue weighted by molar-refractivity contribution is 6.20. The van der Waals surface area contributed by atoms with Crippen molar-refractivity contribution in [2.75, 3.05) is 0 Å². The fourth-order valence-corrected chi connectivity index (χ4v) is 3.21. The van der Waals surface area contributed by atoms with Crippen LogP contribution in [0.4, 0.5) is 5.69 Å². The van der Waals surface area contributed by atoms with E-state index in [9.17, 15) is 10.1 Å². The molecular weight excluding hydrogens is 250 g/mol. The Morgan fingerprint density at radius 1 is 1.33 bits per heavy atom. The maximum atomic E-state index is 10.9. The van der Waals surface area contributed by atoms with Gasteiger partial charge in [-0.2, -0.15) is 0 Å². The Hall–Kier alpha value is -1.09. The van der Waals surface area contributed by atoms with Crippen LogP contribution in [-0.4, -0.2) is 10.3 Å². The van der Waals surface area contributed by atoms with Gasteiger partial charge >= 0.3 is 0 Å². The summed E-state index contributed by atoms with van der Waals surface area (Å²) in [7, 11) is 0. The second kappa shape index (κ2) is 6.19. The largest absolute Gasteiger partial charge is 0.272 e. The van der Waals surface area contributed by atoms with Gasteiger partial charge in [0.2, 0.25) is 0 Å². The Labute approximate surface area is 112 Å². The average molecular weight is 268 g/mol. The highest BCUT2D eigenvalue weighted by Crippen LogP contribution is 2.31. The Bertz CT molecular complexity index is 416. The van der Waals surface area contributed by atoms with Crippen molar-refractivity contribution in [3.05, 3.63) is 39.9 Å². The molecule has 1 saturated carbocycles. The second-order valence-corrected chi connectivity index (χ2v) is 5.69. The quantitative estimate of drug-likeness (QED) is 0.453. The summed E-state index contributed by atoms with van der Waals surface area (Å²) in [6.07, 6.45) is 6.71. The first-order valence-corrected chi connectivity index (χ1v) is 6.97. The van der Waals surface area contributed by atoms with E-state index in [1.54, 1.807) is 12.1 Å². The minimum atomic E-state index is -0.325. The van der Waals surface area contributed by atoms with E-state index in [-0.39, 0.29) is 16.0 Å². The molecule has 4 heteroatoms. The number of nitro groups is 1. The van der Waals surface area contributed by atoms with Gasteiger partial charge in [-0.25, -0.2) is 0 Å². The van der Waals surface area contributed by atoms with Crippen molar-refractivity contribution in [1.82, 2.24) is 0 Å². The van der Waals surface area contributed by atoms with Crippen LogP contribution in [0.25, 0.3) is 0 Å². The average Bonchev–Trinajstić information content (AvgIpc) is 2.82. The molecule has 0 N–H and O–H groups in total. The number of halogens is 1. The third-order valence-corrected chi connectivity index (χ3v) is 4.03. The van der Waals surface area contributed by atoms with E-state index in [2.05, 4.69) is 0 Å². The molecule has 1 fully saturated rings. The Kier molecular flexibility index (Phi) is 4.59. The first-order valence-electron chi connectivity index (χ1n) is 6.53. The van der Waals surface area contributed by atoms with E-state index in [4.69, 9.17) is 11.6 Å². The van der Waals surface area contributed by atoms with Gasteiger partial charge < -0.3 is 0 Å². The Morgan fingerprint density at radius 2 is 2.00 bits per heavy atom. The van der Waals surface area contributed by atoms with Crippen LogP contribution in [0.1, 0.15) is 37.7 Å². The van der Waals surface area contributed by atoms with Gasteiger partial charge in [-0.3, -0.25) is 10.1 Å². The lowest BCUT2D eigenvalue weighted by Gasteiger charge is -2.14. The van der Waals surface area contributed by atoms with Crippen LogP contribution in [0.2, 0.25) is 0 Å². The van der Waals surface area contributed by atoms with Crippen LogP contribution in [0.5, 0.6) is 0 Å². The van der Waals surface area contributed by atoms with Crippen LogP contribution in [-0.2, 0) is 6.42 Å². The molecule has 1 aromatic rings. The summed E-state index contributed by atoms with van der Waals surface area (Å²) in [4.78, 5) is 10.6. The molecule has 98 valence electrons. The van der Waals surface area contributed by atoms with Gasteiger partial charge in [0, 0.05) is 17.0 Å². The minimum absolute atomic E-state index is 0.00852. The summed E-state index contributed by atoms with van der Waals surface area (Å²) < 4.78 is 0. The van der Waals surface area contributed by atoms with Crippen molar-refractivity contribution in [2.45, 2.75) is 43.9 Å². The number of benzene rings is 1. The zero-order chi connectivity index (χ0) is 13.0. The monoisotopic (exact) mass is 267 g/mol. The van der Waals surface area contributed by atoms with Crippen LogP contribution in [0.15, 0.2) is 24.3 Å². The lowest BCUT2D eigenvalue weighted by Crippen LogP contribution is -2.10. The molecule has 1 atom stereocenters. The molecule has 1 aromatic carbocycles. The molecule has 0 bridgehead atoms. The minimum Gasteiger partial charge on any atom is -0.258 e. The molecule has 0 saturated heterocycles. The molecular formula is C14H18ClNO2. The van der Waals surface area contributed by atoms with E-state index in [0.29, 0.717) is 6.42 Å². The van der Waals surface area contributed by atoms with Crippen LogP contribution < -0.4 is 0 Å². The summed E-state index contributed by atoms with van der Waals surface area (Å²) in [6, 6.07) is 6.89. The summed E-state index contributed by atoms with van der Waals surface area (Å²) in [6.45, 7) is 0. The zero-order valence-electron chi connectivity index (χ0n) is 10.3. The lowest BCUT2D eigenvalue weighted by atomic mass is 9.97. The van der Waals surface area contributed by atoms with E-state index < -0.39 is 0 Å². The molecule has 1 unspecified atom stereocenters. The first-order chi connectivity index (χ1) is 8.66. The van der Waals surface area contributed by atoms with Gasteiger partial charge in [-0.15, -0.1) is 11.6 Å². The van der Waals surface area contributed by atoms with Crippen molar-refractivity contribution in [1.29, 1.82) is 0 Å². The number of rotatable bonds is 5. The van der Waals surface area contributed by atoms with E-state index in [0.717, 1.165) is 17.9 Å². The van der Waals surface area contributed by atoms with Crippen LogP contribution >= 0.6 is 11.6 Å². The highest BCUT2D eigenvalue weighted by atomic mass is 35.5. The van der Waals surface area contributed by atoms with Gasteiger partial charge in [-0.1, -0.05) is 43.9 Å². The molecule has 0 amide bonds. The summed E-state index contributed by atoms with van der Waals surface area (Å²) >= 11 is 6.35. The molecule has 0 spiro atoms. The molecule has 18 heavy (non-hydrogen) atoms. The number of para-hydroxylation sites is 1. The van der Waals surface area contributed by atoms with Crippen LogP contribution in [0.3, 0.4) is 0 Å². The lowest BCUT2D eigenvalue weighted by molar-refractivity contribution is -0.385. The molecule has 1 aliphatic carbocycles. The normalized spacial score (nSPS) is 17.8. The molecule has 0 heterocycles. The SMILES string of the molecule is O=[N+]([O-])c1ccccc1CC(Cl)CC1CCCC1. The molecule has 3 nitrogen and oxygen atoms in total. The van der Waals surface area contributed by atoms with Crippen molar-refractivity contribution < 1.29 is 4.92 Å². The van der Waals surface area contributed by atoms with Gasteiger partial charge in [0.05, 0.1) is 4.92 Å². The summed E-state index contributed by atoms with van der Waals surface area (Å²) in [5.41, 5.74) is 0.940. The summed E-state index contributed by atoms with van der Waals surface area (Å²) in [5, 5.41) is 10.9. The second-order valence-electron chi connectivity index (χ2n) is 5.07. The predicted octanol–water partition coefficient (Wildman–Crippen LogP) is 4.33. The van der Waals surface area contributed by atoms with Gasteiger partial charge in [0.1, 0.15) is 0 Å². The van der Waals surface area contributed by atoms with Crippen molar-refractivity contribution in [2.24, 2.45) is 5.92 Å². The van der Waals surface area contributed by atoms with E-state index in [1.807, 2.05) is 12.1 Å². The van der Waals surface area contributed by atoms with E-state index in [1.165, 1.54) is 25.7 Å². The third kappa shape index (κ3) is 3.45. The Balaban J connectivity index is 1.97. The van der Waals surface area contributed by atoms with E-state index >= 15 is 0 Å². The first kappa shape index (κ1) is 13.3. The smallest absolute Gasteiger partial charge is 0.258 e. The molecule has 2 rings (SSSR count). The third-order valence-electron chi connectivity index (χ3n) is 3.69. The number of nitrogens with zero attached hydrogens (tertiary/aromatic N) is 1. The topological polar surface area (TPSA) is 43.1 Å². The molecule has 1 aliphatic rings. The number of nitro benzene ring substituents is 1. The highest BCUT2D eigenvalue weighted by Gasteiger charge is 2.21. The maximum Gasteiger partial charge on any atom is 0.272 e. The predicted molar refractivity (Wildman–Crippen MR) is 73.0 cm³/mol. The molecule has 0 aliphatic heterocycles. The number of hydrogen-bond donors (Lipinski definition) is 0. The summed E-state index contributed by atoms with van der Waals surface area (Å²) in [5.74, 6) is 0.718. The fraction of sp³-hybridized carbons (Fsp3) is 0.571. The molecule has 0 radical (unpaired) electrons. The van der Waals surface area contributed by atoms with Crippen molar-refractivity contribution >= 4 is 17.3 Å². The standard InChI is InChI=1S/C14H18ClNO2/c15-13(9-11-5-1-2-6-11)10-12-7-3-4-8-14(12)16(17)18/h3-4,7-8,11,13H,1-2,5-6,9-10H2. The number of alkyl halides is 1. The maximum absolute atomic E-state index is 10.9. The Morgan fingerprint density at radius 3 is 2.67 bits per heavy atom. The zero-order valence-corrected chi connectivity index (χ0v) is 11.1. The number of hydrogen-bond acceptors (Lipinski definition) is 2. The molecule has 0 aromatic heterocycles. The van der Waals surface area contributed by atoms with Crippen LogP contribution in [0, 0.1) is 16.0 Å². The van der Waals surface area contributed by atoms with Crippen molar-refractivity contribution in [3.63, 3.8) is 0 Å². The van der Waals surface area contributed by atoms with Gasteiger partial charge in [0.25, 0.3) is 5.69 Å². The van der Waals surface area contributed by atoms with Gasteiger partial charge in [0.15, 0.2) is 0 Å². The van der Waals surface area contributed by atoms with Crippen molar-refractivity contribution in [3.8, 4) is 0 Å².